The molecule has 0 spiro atoms. The first-order valence-corrected chi connectivity index (χ1v) is 10.9. The van der Waals surface area contributed by atoms with Gasteiger partial charge in [-0.05, 0) is 50.0 Å². The number of aromatic nitrogens is 1. The first-order valence-electron chi connectivity index (χ1n) is 9.40. The molecule has 0 bridgehead atoms. The van der Waals surface area contributed by atoms with Gasteiger partial charge in [-0.1, -0.05) is 23.4 Å². The van der Waals surface area contributed by atoms with Gasteiger partial charge in [0, 0.05) is 20.1 Å². The zero-order valence-electron chi connectivity index (χ0n) is 16.7. The Kier molecular flexibility index (Phi) is 6.51. The quantitative estimate of drug-likeness (QED) is 0.714. The van der Waals surface area contributed by atoms with E-state index in [1.54, 1.807) is 38.1 Å². The smallest absolute Gasteiger partial charge is 0.240 e. The Morgan fingerprint density at radius 3 is 2.79 bits per heavy atom. The molecule has 8 nitrogen and oxygen atoms in total. The Morgan fingerprint density at radius 2 is 2.10 bits per heavy atom. The highest BCUT2D eigenvalue weighted by Gasteiger charge is 2.21. The van der Waals surface area contributed by atoms with Crippen LogP contribution in [0.5, 0.6) is 0 Å². The summed E-state index contributed by atoms with van der Waals surface area (Å²) in [6.07, 6.45) is 5.09. The van der Waals surface area contributed by atoms with Crippen LogP contribution in [0.3, 0.4) is 0 Å². The van der Waals surface area contributed by atoms with Gasteiger partial charge in [0.15, 0.2) is 5.76 Å². The summed E-state index contributed by atoms with van der Waals surface area (Å²) in [5.74, 6) is 0.158. The predicted octanol–water partition coefficient (Wildman–Crippen LogP) is 2.88. The second-order valence-corrected chi connectivity index (χ2v) is 8.77. The van der Waals surface area contributed by atoms with Crippen LogP contribution in [0.1, 0.15) is 42.3 Å². The number of carbonyl (C=O) groups excluding carboxylic acids is 1. The number of hydrogen-bond acceptors (Lipinski definition) is 6. The van der Waals surface area contributed by atoms with E-state index in [9.17, 15) is 13.2 Å². The Hall–Kier alpha value is -2.49. The molecule has 1 saturated heterocycles. The normalized spacial score (nSPS) is 17.1. The lowest BCUT2D eigenvalue weighted by Crippen LogP contribution is -2.32. The number of nitrogens with one attached hydrogen (secondary N) is 2. The third-order valence-corrected chi connectivity index (χ3v) is 6.21. The Labute approximate surface area is 170 Å². The maximum Gasteiger partial charge on any atom is 0.240 e. The van der Waals surface area contributed by atoms with E-state index in [0.29, 0.717) is 34.9 Å². The van der Waals surface area contributed by atoms with Crippen molar-refractivity contribution in [1.82, 2.24) is 9.88 Å². The molecule has 0 radical (unpaired) electrons. The van der Waals surface area contributed by atoms with Crippen molar-refractivity contribution in [3.8, 4) is 0 Å². The molecule has 2 aromatic rings. The monoisotopic (exact) mass is 419 g/mol. The molecule has 1 aromatic carbocycles. The van der Waals surface area contributed by atoms with Crippen molar-refractivity contribution in [2.24, 2.45) is 0 Å². The molecule has 1 aliphatic heterocycles. The van der Waals surface area contributed by atoms with Crippen molar-refractivity contribution < 1.29 is 22.5 Å². The summed E-state index contributed by atoms with van der Waals surface area (Å²) < 4.78 is 38.9. The number of sulfonamides is 1. The fourth-order valence-corrected chi connectivity index (χ4v) is 4.44. The number of benzene rings is 1. The van der Waals surface area contributed by atoms with Crippen LogP contribution in [0.2, 0.25) is 0 Å². The minimum absolute atomic E-state index is 0.0740. The van der Waals surface area contributed by atoms with Crippen LogP contribution in [0, 0.1) is 13.8 Å². The second kappa shape index (κ2) is 8.89. The summed E-state index contributed by atoms with van der Waals surface area (Å²) in [5.41, 5.74) is 2.38. The van der Waals surface area contributed by atoms with Crippen molar-refractivity contribution in [3.05, 3.63) is 40.8 Å². The molecule has 156 valence electrons. The SMILES string of the molecule is CC(=O)Nc1c(C)noc1/C=C\c1ccc(C)c(S(=O)(=O)NC[C@H]2CCCO2)c1. The minimum Gasteiger partial charge on any atom is -0.377 e. The zero-order valence-corrected chi connectivity index (χ0v) is 17.5. The van der Waals surface area contributed by atoms with Crippen LogP contribution in [0.25, 0.3) is 12.2 Å². The van der Waals surface area contributed by atoms with E-state index in [-0.39, 0.29) is 23.5 Å². The number of carbonyl (C=O) groups is 1. The summed E-state index contributed by atoms with van der Waals surface area (Å²) in [6, 6.07) is 5.16. The molecule has 2 heterocycles. The average molecular weight is 420 g/mol. The molecular formula is C20H25N3O5S. The van der Waals surface area contributed by atoms with Gasteiger partial charge in [0.1, 0.15) is 11.4 Å². The fourth-order valence-electron chi connectivity index (χ4n) is 3.10. The van der Waals surface area contributed by atoms with Gasteiger partial charge < -0.3 is 14.6 Å². The molecule has 9 heteroatoms. The van der Waals surface area contributed by atoms with Crippen LogP contribution in [0.4, 0.5) is 5.69 Å². The summed E-state index contributed by atoms with van der Waals surface area (Å²) in [7, 11) is -3.66. The van der Waals surface area contributed by atoms with E-state index in [4.69, 9.17) is 9.26 Å². The van der Waals surface area contributed by atoms with Crippen molar-refractivity contribution in [2.45, 2.75) is 44.6 Å². The second-order valence-electron chi connectivity index (χ2n) is 7.03. The number of hydrogen-bond donors (Lipinski definition) is 2. The van der Waals surface area contributed by atoms with Crippen molar-refractivity contribution in [1.29, 1.82) is 0 Å². The Morgan fingerprint density at radius 1 is 1.31 bits per heavy atom. The molecule has 0 aliphatic carbocycles. The van der Waals surface area contributed by atoms with Crippen LogP contribution in [-0.4, -0.2) is 38.7 Å². The fraction of sp³-hybridized carbons (Fsp3) is 0.400. The third kappa shape index (κ3) is 5.31. The van der Waals surface area contributed by atoms with Crippen molar-refractivity contribution in [3.63, 3.8) is 0 Å². The topological polar surface area (TPSA) is 111 Å². The van der Waals surface area contributed by atoms with E-state index in [1.165, 1.54) is 6.92 Å². The predicted molar refractivity (Wildman–Crippen MR) is 110 cm³/mol. The molecule has 1 fully saturated rings. The first kappa shape index (κ1) is 21.2. The van der Waals surface area contributed by atoms with E-state index in [1.807, 2.05) is 6.07 Å². The molecule has 0 unspecified atom stereocenters. The maximum atomic E-state index is 12.7. The number of ether oxygens (including phenoxy) is 1. The number of nitrogens with zero attached hydrogens (tertiary/aromatic N) is 1. The zero-order chi connectivity index (χ0) is 21.0. The van der Waals surface area contributed by atoms with Crippen LogP contribution in [-0.2, 0) is 19.6 Å². The average Bonchev–Trinajstić information content (AvgIpc) is 3.30. The number of aryl methyl sites for hydroxylation is 2. The van der Waals surface area contributed by atoms with Crippen LogP contribution in [0.15, 0.2) is 27.6 Å². The minimum atomic E-state index is -3.66. The Balaban J connectivity index is 1.80. The van der Waals surface area contributed by atoms with Crippen LogP contribution < -0.4 is 10.0 Å². The van der Waals surface area contributed by atoms with E-state index >= 15 is 0 Å². The van der Waals surface area contributed by atoms with Gasteiger partial charge in [-0.15, -0.1) is 0 Å². The lowest BCUT2D eigenvalue weighted by molar-refractivity contribution is -0.114. The van der Waals surface area contributed by atoms with Crippen molar-refractivity contribution in [2.75, 3.05) is 18.5 Å². The summed E-state index contributed by atoms with van der Waals surface area (Å²) in [6.45, 7) is 5.82. The summed E-state index contributed by atoms with van der Waals surface area (Å²) in [4.78, 5) is 11.6. The van der Waals surface area contributed by atoms with Gasteiger partial charge in [0.05, 0.1) is 11.0 Å². The molecule has 29 heavy (non-hydrogen) atoms. The highest BCUT2D eigenvalue weighted by atomic mass is 32.2. The number of amides is 1. The molecule has 2 N–H and O–H groups in total. The van der Waals surface area contributed by atoms with Gasteiger partial charge in [-0.3, -0.25) is 4.79 Å². The lowest BCUT2D eigenvalue weighted by Gasteiger charge is -2.13. The van der Waals surface area contributed by atoms with Gasteiger partial charge in [-0.2, -0.15) is 0 Å². The molecule has 1 amide bonds. The highest BCUT2D eigenvalue weighted by Crippen LogP contribution is 2.24. The lowest BCUT2D eigenvalue weighted by atomic mass is 10.1. The van der Waals surface area contributed by atoms with Gasteiger partial charge in [0.25, 0.3) is 0 Å². The molecular weight excluding hydrogens is 394 g/mol. The van der Waals surface area contributed by atoms with E-state index < -0.39 is 10.0 Å². The third-order valence-electron chi connectivity index (χ3n) is 4.64. The van der Waals surface area contributed by atoms with Crippen LogP contribution >= 0.6 is 0 Å². The molecule has 3 rings (SSSR count). The molecule has 0 saturated carbocycles. The van der Waals surface area contributed by atoms with Gasteiger partial charge in [0.2, 0.25) is 15.9 Å². The Bertz CT molecular complexity index is 1020. The maximum absolute atomic E-state index is 12.7. The number of anilines is 1. The molecule has 1 aliphatic rings. The van der Waals surface area contributed by atoms with Gasteiger partial charge >= 0.3 is 0 Å². The first-order chi connectivity index (χ1) is 13.8. The molecule has 1 aromatic heterocycles. The summed E-state index contributed by atoms with van der Waals surface area (Å²) >= 11 is 0. The van der Waals surface area contributed by atoms with Crippen molar-refractivity contribution >= 4 is 33.8 Å². The standard InChI is InChI=1S/C20H25N3O5S/c1-13-6-7-16(8-9-18-20(22-15(3)24)14(2)23-28-18)11-19(13)29(25,26)21-12-17-5-4-10-27-17/h6-9,11,17,21H,4-5,10,12H2,1-3H3,(H,22,24)/b9-8-/t17-/m1/s1. The van der Waals surface area contributed by atoms with E-state index in [0.717, 1.165) is 12.8 Å². The largest absolute Gasteiger partial charge is 0.377 e. The van der Waals surface area contributed by atoms with E-state index in [2.05, 4.69) is 15.2 Å². The highest BCUT2D eigenvalue weighted by molar-refractivity contribution is 7.89. The van der Waals surface area contributed by atoms with Gasteiger partial charge in [-0.25, -0.2) is 13.1 Å². The molecule has 1 atom stereocenters. The number of rotatable bonds is 7. The summed E-state index contributed by atoms with van der Waals surface area (Å²) in [5, 5.41) is 6.54.